The fourth-order valence-corrected chi connectivity index (χ4v) is 2.70. The lowest BCUT2D eigenvalue weighted by Crippen LogP contribution is -2.33. The number of amides is 1. The molecule has 1 amide bonds. The smallest absolute Gasteiger partial charge is 0.293 e. The lowest BCUT2D eigenvalue weighted by Gasteiger charge is -2.08. The molecular formula is C18H12BrN3O4S. The first-order valence-corrected chi connectivity index (χ1v) is 8.85. The molecule has 9 heteroatoms. The normalized spacial score (nSPS) is 10.3. The highest BCUT2D eigenvalue weighted by Gasteiger charge is 2.14. The van der Waals surface area contributed by atoms with Crippen LogP contribution in [0.25, 0.3) is 11.3 Å². The van der Waals surface area contributed by atoms with E-state index >= 15 is 0 Å². The van der Waals surface area contributed by atoms with Crippen LogP contribution in [-0.2, 0) is 0 Å². The third-order valence-corrected chi connectivity index (χ3v) is 4.25. The number of hydrogen-bond donors (Lipinski definition) is 2. The standard InChI is InChI=1S/C18H12BrN3O4S/c19-12-3-5-13(6-4-12)20-18(27)21-17(23)16-10-9-15(26-16)11-1-7-14(8-2-11)22(24)25/h1-10H,(H2,20,21,23,27). The van der Waals surface area contributed by atoms with Crippen molar-refractivity contribution in [1.82, 2.24) is 5.32 Å². The van der Waals surface area contributed by atoms with Crippen LogP contribution >= 0.6 is 28.1 Å². The molecular weight excluding hydrogens is 434 g/mol. The van der Waals surface area contributed by atoms with E-state index in [1.165, 1.54) is 18.2 Å². The van der Waals surface area contributed by atoms with Crippen molar-refractivity contribution in [2.24, 2.45) is 0 Å². The Morgan fingerprint density at radius 1 is 1.04 bits per heavy atom. The lowest BCUT2D eigenvalue weighted by molar-refractivity contribution is -0.384. The number of carbonyl (C=O) groups excluding carboxylic acids is 1. The van der Waals surface area contributed by atoms with E-state index in [1.54, 1.807) is 18.2 Å². The van der Waals surface area contributed by atoms with Gasteiger partial charge in [-0.2, -0.15) is 0 Å². The van der Waals surface area contributed by atoms with Gasteiger partial charge in [-0.3, -0.25) is 20.2 Å². The molecule has 3 rings (SSSR count). The average Bonchev–Trinajstić information content (AvgIpc) is 3.14. The molecule has 1 heterocycles. The quantitative estimate of drug-likeness (QED) is 0.341. The molecule has 2 N–H and O–H groups in total. The number of nitrogens with zero attached hydrogens (tertiary/aromatic N) is 1. The largest absolute Gasteiger partial charge is 0.451 e. The number of anilines is 1. The van der Waals surface area contributed by atoms with Gasteiger partial charge in [0.25, 0.3) is 11.6 Å². The Morgan fingerprint density at radius 2 is 1.70 bits per heavy atom. The fourth-order valence-electron chi connectivity index (χ4n) is 2.22. The van der Waals surface area contributed by atoms with Crippen LogP contribution in [0.4, 0.5) is 11.4 Å². The van der Waals surface area contributed by atoms with Gasteiger partial charge in [-0.15, -0.1) is 0 Å². The molecule has 0 atom stereocenters. The maximum Gasteiger partial charge on any atom is 0.293 e. The van der Waals surface area contributed by atoms with Crippen LogP contribution < -0.4 is 10.6 Å². The van der Waals surface area contributed by atoms with Gasteiger partial charge >= 0.3 is 0 Å². The zero-order valence-electron chi connectivity index (χ0n) is 13.6. The third-order valence-electron chi connectivity index (χ3n) is 3.52. The van der Waals surface area contributed by atoms with Crippen molar-refractivity contribution in [3.05, 3.63) is 81.0 Å². The maximum atomic E-state index is 12.3. The van der Waals surface area contributed by atoms with Crippen molar-refractivity contribution in [1.29, 1.82) is 0 Å². The van der Waals surface area contributed by atoms with Gasteiger partial charge in [0, 0.05) is 27.9 Å². The molecule has 7 nitrogen and oxygen atoms in total. The van der Waals surface area contributed by atoms with Crippen LogP contribution in [0.1, 0.15) is 10.6 Å². The van der Waals surface area contributed by atoms with E-state index in [4.69, 9.17) is 16.6 Å². The predicted molar refractivity (Wildman–Crippen MR) is 109 cm³/mol. The van der Waals surface area contributed by atoms with Gasteiger partial charge in [-0.1, -0.05) is 15.9 Å². The summed E-state index contributed by atoms with van der Waals surface area (Å²) < 4.78 is 6.45. The first-order valence-electron chi connectivity index (χ1n) is 7.65. The second kappa shape index (κ2) is 8.11. The minimum atomic E-state index is -0.502. The minimum absolute atomic E-state index is 0.0207. The van der Waals surface area contributed by atoms with Gasteiger partial charge in [0.1, 0.15) is 5.76 Å². The van der Waals surface area contributed by atoms with Crippen LogP contribution in [0.5, 0.6) is 0 Å². The van der Waals surface area contributed by atoms with Crippen LogP contribution in [0.15, 0.2) is 69.6 Å². The third kappa shape index (κ3) is 4.78. The second-order valence-corrected chi connectivity index (χ2v) is 6.71. The molecule has 0 fully saturated rings. The van der Waals surface area contributed by atoms with E-state index in [1.807, 2.05) is 24.3 Å². The zero-order valence-corrected chi connectivity index (χ0v) is 16.0. The Bertz CT molecular complexity index is 1000. The summed E-state index contributed by atoms with van der Waals surface area (Å²) >= 11 is 8.46. The van der Waals surface area contributed by atoms with Gasteiger partial charge in [-0.05, 0) is 60.7 Å². The Labute approximate surface area is 167 Å². The molecule has 27 heavy (non-hydrogen) atoms. The Kier molecular flexibility index (Phi) is 5.63. The van der Waals surface area contributed by atoms with Gasteiger partial charge in [-0.25, -0.2) is 0 Å². The summed E-state index contributed by atoms with van der Waals surface area (Å²) in [5.74, 6) is -0.0112. The fraction of sp³-hybridized carbons (Fsp3) is 0. The van der Waals surface area contributed by atoms with Crippen molar-refractivity contribution in [2.75, 3.05) is 5.32 Å². The van der Waals surface area contributed by atoms with E-state index in [9.17, 15) is 14.9 Å². The van der Waals surface area contributed by atoms with Crippen LogP contribution in [-0.4, -0.2) is 15.9 Å². The number of halogens is 1. The second-order valence-electron chi connectivity index (χ2n) is 5.38. The summed E-state index contributed by atoms with van der Waals surface area (Å²) in [6.07, 6.45) is 0. The Morgan fingerprint density at radius 3 is 2.33 bits per heavy atom. The molecule has 0 saturated heterocycles. The number of carbonyl (C=O) groups is 1. The molecule has 0 aliphatic carbocycles. The van der Waals surface area contributed by atoms with E-state index < -0.39 is 10.8 Å². The van der Waals surface area contributed by atoms with E-state index in [0.717, 1.165) is 10.2 Å². The number of nitro groups is 1. The number of thiocarbonyl (C=S) groups is 1. The molecule has 0 saturated carbocycles. The summed E-state index contributed by atoms with van der Waals surface area (Å²) in [7, 11) is 0. The molecule has 0 spiro atoms. The number of benzene rings is 2. The van der Waals surface area contributed by atoms with E-state index in [2.05, 4.69) is 26.6 Å². The lowest BCUT2D eigenvalue weighted by atomic mass is 10.1. The Hall–Kier alpha value is -3.04. The topological polar surface area (TPSA) is 97.4 Å². The van der Waals surface area contributed by atoms with Gasteiger partial charge in [0.2, 0.25) is 0 Å². The van der Waals surface area contributed by atoms with Crippen molar-refractivity contribution in [3.63, 3.8) is 0 Å². The Balaban J connectivity index is 1.64. The minimum Gasteiger partial charge on any atom is -0.451 e. The number of nitrogens with one attached hydrogen (secondary N) is 2. The van der Waals surface area contributed by atoms with E-state index in [-0.39, 0.29) is 16.6 Å². The summed E-state index contributed by atoms with van der Waals surface area (Å²) in [6, 6.07) is 16.3. The monoisotopic (exact) mass is 445 g/mol. The van der Waals surface area contributed by atoms with Gasteiger partial charge in [0.15, 0.2) is 10.9 Å². The van der Waals surface area contributed by atoms with E-state index in [0.29, 0.717) is 11.3 Å². The molecule has 0 bridgehead atoms. The SMILES string of the molecule is O=C(NC(=S)Nc1ccc(Br)cc1)c1ccc(-c2ccc([N+](=O)[O-])cc2)o1. The summed E-state index contributed by atoms with van der Waals surface area (Å²) in [4.78, 5) is 22.5. The molecule has 2 aromatic carbocycles. The summed E-state index contributed by atoms with van der Waals surface area (Å²) in [5, 5.41) is 16.3. The van der Waals surface area contributed by atoms with Crippen molar-refractivity contribution in [3.8, 4) is 11.3 Å². The highest BCUT2D eigenvalue weighted by Crippen LogP contribution is 2.24. The molecule has 3 aromatic rings. The van der Waals surface area contributed by atoms with Crippen LogP contribution in [0, 0.1) is 10.1 Å². The first kappa shape index (κ1) is 18.7. The van der Waals surface area contributed by atoms with Crippen LogP contribution in [0.2, 0.25) is 0 Å². The van der Waals surface area contributed by atoms with Crippen molar-refractivity contribution in [2.45, 2.75) is 0 Å². The van der Waals surface area contributed by atoms with Crippen LogP contribution in [0.3, 0.4) is 0 Å². The number of nitro benzene ring substituents is 1. The number of rotatable bonds is 4. The molecule has 136 valence electrons. The first-order chi connectivity index (χ1) is 12.9. The summed E-state index contributed by atoms with van der Waals surface area (Å²) in [6.45, 7) is 0. The summed E-state index contributed by atoms with van der Waals surface area (Å²) in [5.41, 5.74) is 1.33. The molecule has 0 aliphatic heterocycles. The van der Waals surface area contributed by atoms with Gasteiger partial charge in [0.05, 0.1) is 4.92 Å². The van der Waals surface area contributed by atoms with Crippen molar-refractivity contribution >= 4 is 50.5 Å². The number of non-ortho nitro benzene ring substituents is 1. The highest BCUT2D eigenvalue weighted by molar-refractivity contribution is 9.10. The van der Waals surface area contributed by atoms with Crippen molar-refractivity contribution < 1.29 is 14.1 Å². The predicted octanol–water partition coefficient (Wildman–Crippen LogP) is 4.74. The number of furan rings is 1. The molecule has 1 aromatic heterocycles. The maximum absolute atomic E-state index is 12.3. The molecule has 0 radical (unpaired) electrons. The molecule has 0 unspecified atom stereocenters. The average molecular weight is 446 g/mol. The highest BCUT2D eigenvalue weighted by atomic mass is 79.9. The van der Waals surface area contributed by atoms with Gasteiger partial charge < -0.3 is 9.73 Å². The molecule has 0 aliphatic rings. The number of hydrogen-bond acceptors (Lipinski definition) is 5. The zero-order chi connectivity index (χ0) is 19.4.